The molecule has 182 valence electrons. The number of aliphatic imine (C=N–C) groups is 1. The zero-order valence-corrected chi connectivity index (χ0v) is 20.0. The summed E-state index contributed by atoms with van der Waals surface area (Å²) in [5.74, 6) is -1.80. The number of rotatable bonds is 4. The monoisotopic (exact) mass is 500 g/mol. The topological polar surface area (TPSA) is 108 Å². The first-order chi connectivity index (χ1) is 16.5. The molecular formula is C24H23F3N6OS. The summed E-state index contributed by atoms with van der Waals surface area (Å²) in [5, 5.41) is 8.96. The van der Waals surface area contributed by atoms with Crippen LogP contribution in [0.2, 0.25) is 0 Å². The van der Waals surface area contributed by atoms with Crippen LogP contribution in [-0.2, 0) is 10.3 Å². The second-order valence-corrected chi connectivity index (χ2v) is 10.5. The molecule has 1 fully saturated rings. The minimum absolute atomic E-state index is 0.00682. The van der Waals surface area contributed by atoms with Gasteiger partial charge in [0.25, 0.3) is 0 Å². The first-order valence-electron chi connectivity index (χ1n) is 10.9. The largest absolute Gasteiger partial charge is 0.378 e. The van der Waals surface area contributed by atoms with Crippen LogP contribution >= 0.6 is 11.8 Å². The van der Waals surface area contributed by atoms with Gasteiger partial charge in [-0.05, 0) is 50.1 Å². The summed E-state index contributed by atoms with van der Waals surface area (Å²) in [6, 6.07) is 6.12. The van der Waals surface area contributed by atoms with Gasteiger partial charge in [0.2, 0.25) is 11.9 Å². The molecule has 1 amide bonds. The number of hydrogen-bond donors (Lipinski definition) is 1. The van der Waals surface area contributed by atoms with E-state index in [9.17, 15) is 18.0 Å². The van der Waals surface area contributed by atoms with Crippen LogP contribution in [0.3, 0.4) is 0 Å². The maximum atomic E-state index is 14.9. The van der Waals surface area contributed by atoms with E-state index >= 15 is 0 Å². The van der Waals surface area contributed by atoms with Crippen LogP contribution < -0.4 is 5.73 Å². The van der Waals surface area contributed by atoms with Crippen molar-refractivity contribution in [1.29, 1.82) is 5.26 Å². The highest BCUT2D eigenvalue weighted by Gasteiger charge is 2.50. The maximum absolute atomic E-state index is 14.9. The number of likely N-dealkylation sites (tertiary alicyclic amines) is 1. The number of pyridine rings is 2. The highest BCUT2D eigenvalue weighted by molar-refractivity contribution is 8.15. The first-order valence-corrected chi connectivity index (χ1v) is 11.7. The second-order valence-electron chi connectivity index (χ2n) is 9.01. The number of thioether (sulfide) groups is 1. The lowest BCUT2D eigenvalue weighted by Crippen LogP contribution is -2.51. The zero-order valence-electron chi connectivity index (χ0n) is 19.1. The van der Waals surface area contributed by atoms with Crippen LogP contribution in [0.25, 0.3) is 11.9 Å². The van der Waals surface area contributed by atoms with Crippen LogP contribution in [0.5, 0.6) is 0 Å². The third kappa shape index (κ3) is 5.03. The average molecular weight is 501 g/mol. The number of nitrogens with two attached hydrogens (primary N) is 1. The van der Waals surface area contributed by atoms with Gasteiger partial charge in [-0.3, -0.25) is 14.8 Å². The molecule has 2 aromatic heterocycles. The smallest absolute Gasteiger partial charge is 0.239 e. The first kappa shape index (κ1) is 24.7. The molecule has 3 atom stereocenters. The number of alkyl halides is 1. The molecule has 0 bridgehead atoms. The molecule has 2 aliphatic heterocycles. The van der Waals surface area contributed by atoms with E-state index in [4.69, 9.17) is 11.0 Å². The summed E-state index contributed by atoms with van der Waals surface area (Å²) in [6.45, 7) is 3.65. The minimum Gasteiger partial charge on any atom is -0.378 e. The standard InChI is InChI=1S/C24H23F3N6OS/c1-23(13-24(2,35-22(29)32-23)21(34)33-6-5-16(25)12-33)17-7-15(11-31-20(17)27)8-18(26)19-4-3-14(9-28)10-30-19/h3-4,7-8,10-11,16H,5-6,12-13H2,1-2H3,(H2,29,32)/b18-8-/t16-,23+,24-/m1/s1. The van der Waals surface area contributed by atoms with E-state index in [1.807, 2.05) is 6.07 Å². The predicted molar refractivity (Wildman–Crippen MR) is 128 cm³/mol. The fraction of sp³-hybridized carbons (Fsp3) is 0.375. The Morgan fingerprint density at radius 1 is 1.34 bits per heavy atom. The highest BCUT2D eigenvalue weighted by Crippen LogP contribution is 2.47. The molecule has 0 radical (unpaired) electrons. The lowest BCUT2D eigenvalue weighted by atomic mass is 9.82. The third-order valence-corrected chi connectivity index (χ3v) is 7.18. The Morgan fingerprint density at radius 2 is 2.11 bits per heavy atom. The van der Waals surface area contributed by atoms with Gasteiger partial charge in [0.1, 0.15) is 22.8 Å². The fourth-order valence-corrected chi connectivity index (χ4v) is 5.76. The zero-order chi connectivity index (χ0) is 25.4. The van der Waals surface area contributed by atoms with Crippen molar-refractivity contribution in [2.45, 2.75) is 43.1 Å². The Bertz CT molecular complexity index is 1260. The van der Waals surface area contributed by atoms with E-state index in [0.717, 1.165) is 17.8 Å². The number of hydrogen-bond acceptors (Lipinski definition) is 7. The van der Waals surface area contributed by atoms with Crippen LogP contribution in [0.1, 0.15) is 49.1 Å². The number of amidine groups is 1. The second kappa shape index (κ2) is 9.34. The fourth-order valence-electron chi connectivity index (χ4n) is 4.48. The molecule has 0 aromatic carbocycles. The summed E-state index contributed by atoms with van der Waals surface area (Å²) in [6.07, 6.45) is 2.86. The molecule has 0 aliphatic carbocycles. The van der Waals surface area contributed by atoms with Gasteiger partial charge < -0.3 is 10.6 Å². The highest BCUT2D eigenvalue weighted by atomic mass is 32.2. The van der Waals surface area contributed by atoms with Gasteiger partial charge in [-0.2, -0.15) is 9.65 Å². The number of carbonyl (C=O) groups is 1. The molecule has 2 N–H and O–H groups in total. The number of aromatic nitrogens is 2. The Labute approximate surface area is 205 Å². The van der Waals surface area contributed by atoms with E-state index in [1.165, 1.54) is 35.5 Å². The van der Waals surface area contributed by atoms with Crippen molar-refractivity contribution in [3.8, 4) is 6.07 Å². The summed E-state index contributed by atoms with van der Waals surface area (Å²) in [5.41, 5.74) is 5.42. The van der Waals surface area contributed by atoms with E-state index in [1.54, 1.807) is 13.8 Å². The van der Waals surface area contributed by atoms with Gasteiger partial charge >= 0.3 is 0 Å². The number of amides is 1. The average Bonchev–Trinajstić information content (AvgIpc) is 3.25. The molecular weight excluding hydrogens is 477 g/mol. The van der Waals surface area contributed by atoms with Crippen molar-refractivity contribution in [3.05, 3.63) is 58.9 Å². The number of nitrogens with zero attached hydrogens (tertiary/aromatic N) is 5. The molecule has 4 heterocycles. The van der Waals surface area contributed by atoms with Crippen molar-refractivity contribution in [1.82, 2.24) is 14.9 Å². The quantitative estimate of drug-likeness (QED) is 0.637. The Kier molecular flexibility index (Phi) is 6.60. The van der Waals surface area contributed by atoms with Crippen molar-refractivity contribution in [3.63, 3.8) is 0 Å². The van der Waals surface area contributed by atoms with Gasteiger partial charge in [-0.1, -0.05) is 11.8 Å². The molecule has 0 unspecified atom stereocenters. The summed E-state index contributed by atoms with van der Waals surface area (Å²) >= 11 is 1.07. The minimum atomic E-state index is -1.27. The number of nitriles is 1. The van der Waals surface area contributed by atoms with Crippen molar-refractivity contribution in [2.75, 3.05) is 13.1 Å². The van der Waals surface area contributed by atoms with Crippen molar-refractivity contribution in [2.24, 2.45) is 10.7 Å². The summed E-state index contributed by atoms with van der Waals surface area (Å²) in [4.78, 5) is 26.9. The SMILES string of the molecule is C[C@]1(C(=O)N2CC[C@@H](F)C2)C[C@@](C)(c2cc(/C=C(\F)c3ccc(C#N)cn3)cnc2F)N=C(N)S1. The molecule has 11 heteroatoms. The maximum Gasteiger partial charge on any atom is 0.239 e. The van der Waals surface area contributed by atoms with Gasteiger partial charge in [-0.15, -0.1) is 0 Å². The van der Waals surface area contributed by atoms with Crippen LogP contribution in [0.4, 0.5) is 13.2 Å². The van der Waals surface area contributed by atoms with Crippen LogP contribution in [0.15, 0.2) is 35.6 Å². The summed E-state index contributed by atoms with van der Waals surface area (Å²) in [7, 11) is 0. The molecule has 2 aromatic rings. The normalized spacial score (nSPS) is 26.9. The molecule has 35 heavy (non-hydrogen) atoms. The number of carbonyl (C=O) groups excluding carboxylic acids is 1. The Hall–Kier alpha value is -3.39. The third-order valence-electron chi connectivity index (χ3n) is 6.11. The lowest BCUT2D eigenvalue weighted by Gasteiger charge is -2.41. The lowest BCUT2D eigenvalue weighted by molar-refractivity contribution is -0.133. The van der Waals surface area contributed by atoms with Gasteiger partial charge in [-0.25, -0.2) is 13.8 Å². The van der Waals surface area contributed by atoms with Gasteiger partial charge in [0.05, 0.1) is 23.3 Å². The Morgan fingerprint density at radius 3 is 2.74 bits per heavy atom. The molecule has 1 saturated heterocycles. The van der Waals surface area contributed by atoms with Crippen LogP contribution in [-0.4, -0.2) is 50.0 Å². The van der Waals surface area contributed by atoms with E-state index < -0.39 is 28.2 Å². The van der Waals surface area contributed by atoms with Crippen molar-refractivity contribution >= 4 is 34.7 Å². The molecule has 4 rings (SSSR count). The van der Waals surface area contributed by atoms with Gasteiger partial charge in [0, 0.05) is 30.9 Å². The van der Waals surface area contributed by atoms with Gasteiger partial charge in [0.15, 0.2) is 5.17 Å². The predicted octanol–water partition coefficient (Wildman–Crippen LogP) is 3.95. The number of halogens is 3. The summed E-state index contributed by atoms with van der Waals surface area (Å²) < 4.78 is 42.4. The molecule has 0 spiro atoms. The molecule has 2 aliphatic rings. The van der Waals surface area contributed by atoms with E-state index in [-0.39, 0.29) is 47.3 Å². The Balaban J connectivity index is 1.66. The van der Waals surface area contributed by atoms with E-state index in [2.05, 4.69) is 15.0 Å². The molecule has 0 saturated carbocycles. The van der Waals surface area contributed by atoms with Crippen molar-refractivity contribution < 1.29 is 18.0 Å². The van der Waals surface area contributed by atoms with Crippen LogP contribution in [0, 0.1) is 17.3 Å². The van der Waals surface area contributed by atoms with E-state index in [0.29, 0.717) is 12.1 Å². The molecule has 7 nitrogen and oxygen atoms in total.